The molecule has 0 heterocycles. The monoisotopic (exact) mass is 287 g/mol. The minimum absolute atomic E-state index is 0.746. The van der Waals surface area contributed by atoms with Crippen LogP contribution in [-0.4, -0.2) is 13.1 Å². The van der Waals surface area contributed by atoms with Crippen molar-refractivity contribution in [1.29, 1.82) is 0 Å². The van der Waals surface area contributed by atoms with Crippen molar-refractivity contribution in [3.8, 4) is 0 Å². The van der Waals surface area contributed by atoms with Crippen molar-refractivity contribution in [1.82, 2.24) is 5.32 Å². The molecule has 1 unspecified atom stereocenters. The lowest BCUT2D eigenvalue weighted by Gasteiger charge is -2.25. The summed E-state index contributed by atoms with van der Waals surface area (Å²) in [4.78, 5) is 0. The highest BCUT2D eigenvalue weighted by molar-refractivity contribution is 5.30. The van der Waals surface area contributed by atoms with E-state index in [0.29, 0.717) is 0 Å². The molecule has 0 saturated heterocycles. The maximum absolute atomic E-state index is 3.71. The smallest absolute Gasteiger partial charge is 0.00146 e. The Morgan fingerprint density at radius 1 is 1.05 bits per heavy atom. The van der Waals surface area contributed by atoms with Gasteiger partial charge in [-0.2, -0.15) is 0 Å². The Bertz CT molecular complexity index is 429. The van der Waals surface area contributed by atoms with Gasteiger partial charge in [-0.3, -0.25) is 0 Å². The lowest BCUT2D eigenvalue weighted by molar-refractivity contribution is 0.316. The summed E-state index contributed by atoms with van der Waals surface area (Å²) in [5, 5.41) is 3.71. The molecule has 118 valence electrons. The van der Waals surface area contributed by atoms with Gasteiger partial charge < -0.3 is 5.32 Å². The summed E-state index contributed by atoms with van der Waals surface area (Å²) < 4.78 is 0. The normalized spacial score (nSPS) is 17.6. The van der Waals surface area contributed by atoms with E-state index in [0.717, 1.165) is 24.3 Å². The molecule has 1 aromatic carbocycles. The Hall–Kier alpha value is -0.820. The van der Waals surface area contributed by atoms with Gasteiger partial charge >= 0.3 is 0 Å². The number of benzene rings is 1. The summed E-state index contributed by atoms with van der Waals surface area (Å²) in [6, 6.07) is 7.03. The van der Waals surface area contributed by atoms with E-state index in [2.05, 4.69) is 51.2 Å². The second-order valence-corrected chi connectivity index (χ2v) is 7.48. The summed E-state index contributed by atoms with van der Waals surface area (Å²) in [7, 11) is 0. The van der Waals surface area contributed by atoms with Crippen LogP contribution in [0, 0.1) is 31.6 Å². The van der Waals surface area contributed by atoms with Gasteiger partial charge in [0.2, 0.25) is 0 Å². The van der Waals surface area contributed by atoms with Crippen molar-refractivity contribution in [2.45, 2.75) is 59.8 Å². The van der Waals surface area contributed by atoms with Crippen molar-refractivity contribution < 1.29 is 0 Å². The maximum atomic E-state index is 3.71. The van der Waals surface area contributed by atoms with Gasteiger partial charge in [-0.1, -0.05) is 57.7 Å². The van der Waals surface area contributed by atoms with Crippen LogP contribution in [0.15, 0.2) is 18.2 Å². The Labute approximate surface area is 131 Å². The van der Waals surface area contributed by atoms with Gasteiger partial charge in [-0.05, 0) is 67.8 Å². The van der Waals surface area contributed by atoms with Crippen LogP contribution >= 0.6 is 0 Å². The molecule has 0 spiro atoms. The highest BCUT2D eigenvalue weighted by atomic mass is 14.9. The van der Waals surface area contributed by atoms with Crippen molar-refractivity contribution >= 4 is 0 Å². The first kappa shape index (κ1) is 16.5. The third kappa shape index (κ3) is 5.14. The minimum Gasteiger partial charge on any atom is -0.316 e. The molecule has 0 radical (unpaired) electrons. The van der Waals surface area contributed by atoms with Crippen LogP contribution in [0.5, 0.6) is 0 Å². The first-order valence-electron chi connectivity index (χ1n) is 8.83. The number of rotatable bonds is 7. The molecule has 0 bridgehead atoms. The zero-order chi connectivity index (χ0) is 15.2. The highest BCUT2D eigenvalue weighted by Crippen LogP contribution is 2.33. The Kier molecular flexibility index (Phi) is 6.29. The minimum atomic E-state index is 0.746. The van der Waals surface area contributed by atoms with Crippen LogP contribution in [0.25, 0.3) is 0 Å². The van der Waals surface area contributed by atoms with E-state index in [1.54, 1.807) is 0 Å². The fourth-order valence-corrected chi connectivity index (χ4v) is 3.62. The number of hydrogen-bond donors (Lipinski definition) is 1. The second-order valence-electron chi connectivity index (χ2n) is 7.48. The lowest BCUT2D eigenvalue weighted by atomic mass is 9.85. The topological polar surface area (TPSA) is 12.0 Å². The van der Waals surface area contributed by atoms with Crippen LogP contribution in [0.3, 0.4) is 0 Å². The molecule has 1 atom stereocenters. The van der Waals surface area contributed by atoms with Gasteiger partial charge in [0.25, 0.3) is 0 Å². The summed E-state index contributed by atoms with van der Waals surface area (Å²) in [6.45, 7) is 11.4. The Balaban J connectivity index is 1.98. The molecule has 2 rings (SSSR count). The van der Waals surface area contributed by atoms with Gasteiger partial charge in [-0.25, -0.2) is 0 Å². The molecule has 1 aromatic rings. The summed E-state index contributed by atoms with van der Waals surface area (Å²) >= 11 is 0. The first-order valence-corrected chi connectivity index (χ1v) is 8.83. The fourth-order valence-electron chi connectivity index (χ4n) is 3.62. The molecule has 0 aromatic heterocycles. The Morgan fingerprint density at radius 3 is 2.38 bits per heavy atom. The van der Waals surface area contributed by atoms with Crippen molar-refractivity contribution in [2.24, 2.45) is 17.8 Å². The van der Waals surface area contributed by atoms with Crippen LogP contribution in [0.4, 0.5) is 0 Å². The van der Waals surface area contributed by atoms with Gasteiger partial charge in [0.1, 0.15) is 0 Å². The van der Waals surface area contributed by atoms with Gasteiger partial charge in [0.05, 0.1) is 0 Å². The molecule has 1 aliphatic carbocycles. The third-order valence-corrected chi connectivity index (χ3v) is 5.09. The molecule has 21 heavy (non-hydrogen) atoms. The fraction of sp³-hybridized carbons (Fsp3) is 0.700. The van der Waals surface area contributed by atoms with Crippen molar-refractivity contribution in [2.75, 3.05) is 13.1 Å². The van der Waals surface area contributed by atoms with Gasteiger partial charge in [-0.15, -0.1) is 0 Å². The third-order valence-electron chi connectivity index (χ3n) is 5.09. The molecule has 1 aliphatic rings. The molecule has 1 heteroatoms. The van der Waals surface area contributed by atoms with E-state index in [9.17, 15) is 0 Å². The quantitative estimate of drug-likeness (QED) is 0.752. The van der Waals surface area contributed by atoms with Crippen LogP contribution in [0.1, 0.15) is 56.2 Å². The number of aryl methyl sites for hydroxylation is 2. The summed E-state index contributed by atoms with van der Waals surface area (Å²) in [6.07, 6.45) is 7.02. The molecule has 0 aliphatic heterocycles. The highest BCUT2D eigenvalue weighted by Gasteiger charge is 2.25. The van der Waals surface area contributed by atoms with Gasteiger partial charge in [0.15, 0.2) is 0 Å². The summed E-state index contributed by atoms with van der Waals surface area (Å²) in [5.41, 5.74) is 4.38. The first-order chi connectivity index (χ1) is 10.1. The zero-order valence-electron chi connectivity index (χ0n) is 14.4. The Morgan fingerprint density at radius 2 is 1.76 bits per heavy atom. The number of nitrogens with one attached hydrogen (secondary N) is 1. The van der Waals surface area contributed by atoms with Gasteiger partial charge in [0, 0.05) is 0 Å². The maximum Gasteiger partial charge on any atom is -0.00146 e. The van der Waals surface area contributed by atoms with Crippen molar-refractivity contribution in [3.63, 3.8) is 0 Å². The average Bonchev–Trinajstić information content (AvgIpc) is 2.95. The van der Waals surface area contributed by atoms with E-state index in [1.807, 2.05) is 0 Å². The lowest BCUT2D eigenvalue weighted by Crippen LogP contribution is -2.31. The average molecular weight is 287 g/mol. The molecule has 1 saturated carbocycles. The van der Waals surface area contributed by atoms with Crippen LogP contribution in [-0.2, 0) is 6.42 Å². The standard InChI is InChI=1S/C20H33N/c1-15(2)13-21-14-20(19-7-5-6-8-19)12-18-10-9-16(3)17(4)11-18/h9-11,15,19-21H,5-8,12-14H2,1-4H3. The number of hydrogen-bond acceptors (Lipinski definition) is 1. The van der Waals surface area contributed by atoms with E-state index >= 15 is 0 Å². The molecular formula is C20H33N. The van der Waals surface area contributed by atoms with Crippen molar-refractivity contribution in [3.05, 3.63) is 34.9 Å². The molecule has 1 N–H and O–H groups in total. The SMILES string of the molecule is Cc1ccc(CC(CNCC(C)C)C2CCCC2)cc1C. The summed E-state index contributed by atoms with van der Waals surface area (Å²) in [5.74, 6) is 2.50. The molecule has 1 nitrogen and oxygen atoms in total. The predicted octanol–water partition coefficient (Wildman–Crippen LogP) is 4.90. The van der Waals surface area contributed by atoms with E-state index in [4.69, 9.17) is 0 Å². The van der Waals surface area contributed by atoms with E-state index in [-0.39, 0.29) is 0 Å². The largest absolute Gasteiger partial charge is 0.316 e. The zero-order valence-corrected chi connectivity index (χ0v) is 14.4. The molecule has 0 amide bonds. The molecular weight excluding hydrogens is 254 g/mol. The van der Waals surface area contributed by atoms with Crippen LogP contribution < -0.4 is 5.32 Å². The predicted molar refractivity (Wildman–Crippen MR) is 92.8 cm³/mol. The van der Waals surface area contributed by atoms with E-state index < -0.39 is 0 Å². The second kappa shape index (κ2) is 7.98. The van der Waals surface area contributed by atoms with Crippen LogP contribution in [0.2, 0.25) is 0 Å². The molecule has 1 fully saturated rings. The van der Waals surface area contributed by atoms with E-state index in [1.165, 1.54) is 55.3 Å².